The first kappa shape index (κ1) is 27.3. The Bertz CT molecular complexity index is 942. The minimum absolute atomic E-state index is 0.00358. The molecule has 198 valence electrons. The smallest absolute Gasteiger partial charge is 0.260 e. The number of carbonyl (C=O) groups is 2. The summed E-state index contributed by atoms with van der Waals surface area (Å²) in [6.45, 7) is 8.32. The maximum atomic E-state index is 13.2. The van der Waals surface area contributed by atoms with Gasteiger partial charge in [-0.2, -0.15) is 0 Å². The molecule has 1 aromatic rings. The van der Waals surface area contributed by atoms with Crippen LogP contribution >= 0.6 is 11.8 Å². The Labute approximate surface area is 222 Å². The lowest BCUT2D eigenvalue weighted by Gasteiger charge is -2.44. The first-order valence-electron chi connectivity index (χ1n) is 14.1. The zero-order chi connectivity index (χ0) is 25.7. The summed E-state index contributed by atoms with van der Waals surface area (Å²) < 4.78 is 0. The van der Waals surface area contributed by atoms with Crippen LogP contribution in [-0.2, 0) is 9.59 Å². The highest BCUT2D eigenvalue weighted by atomic mass is 32.2. The molecular weight excluding hydrogens is 466 g/mol. The number of likely N-dealkylation sites (N-methyl/N-ethyl adjacent to an activating group) is 1. The van der Waals surface area contributed by atoms with Gasteiger partial charge in [0.2, 0.25) is 5.91 Å². The highest BCUT2D eigenvalue weighted by Gasteiger charge is 2.42. The van der Waals surface area contributed by atoms with Gasteiger partial charge >= 0.3 is 0 Å². The predicted octanol–water partition coefficient (Wildman–Crippen LogP) is 5.63. The van der Waals surface area contributed by atoms with Crippen molar-refractivity contribution >= 4 is 29.7 Å². The summed E-state index contributed by atoms with van der Waals surface area (Å²) in [6, 6.07) is 9.63. The van der Waals surface area contributed by atoms with Gasteiger partial charge in [0, 0.05) is 49.4 Å². The summed E-state index contributed by atoms with van der Waals surface area (Å²) in [5, 5.41) is 3.63. The fraction of sp³-hybridized carbons (Fsp3) is 0.667. The molecule has 6 heteroatoms. The summed E-state index contributed by atoms with van der Waals surface area (Å²) >= 11 is 1.72. The number of nitrogens with one attached hydrogen (secondary N) is 1. The van der Waals surface area contributed by atoms with Crippen molar-refractivity contribution in [1.29, 1.82) is 0 Å². The van der Waals surface area contributed by atoms with Crippen molar-refractivity contribution in [3.8, 4) is 0 Å². The lowest BCUT2D eigenvalue weighted by Crippen LogP contribution is -2.53. The number of rotatable bonds is 8. The van der Waals surface area contributed by atoms with Crippen LogP contribution in [0.1, 0.15) is 82.8 Å². The molecule has 1 aliphatic heterocycles. The van der Waals surface area contributed by atoms with E-state index in [4.69, 9.17) is 0 Å². The number of hydrogen-bond acceptors (Lipinski definition) is 4. The van der Waals surface area contributed by atoms with Crippen LogP contribution in [0.5, 0.6) is 0 Å². The van der Waals surface area contributed by atoms with Gasteiger partial charge in [-0.15, -0.1) is 11.8 Å². The molecule has 4 rings (SSSR count). The summed E-state index contributed by atoms with van der Waals surface area (Å²) in [5.74, 6) is 0.254. The highest BCUT2D eigenvalue weighted by Crippen LogP contribution is 2.43. The zero-order valence-corrected chi connectivity index (χ0v) is 23.5. The third kappa shape index (κ3) is 6.55. The van der Waals surface area contributed by atoms with Crippen molar-refractivity contribution in [2.45, 2.75) is 102 Å². The fourth-order valence-corrected chi connectivity index (χ4v) is 7.79. The fourth-order valence-electron chi connectivity index (χ4n) is 6.31. The standard InChI is InChI=1S/C30H45N3O2S/c1-5-22(3)33(25-12-7-6-8-13-25)17-16-31-29(34)24-14-15-27-26(20-24)32(4)30(35)28(36-27)19-23-11-9-10-21(2)18-23/h9-11,18-19,22,24-27H,5-8,12-17,20H2,1-4H3,(H,31,34)/b28-19+. The Balaban J connectivity index is 1.31. The van der Waals surface area contributed by atoms with E-state index in [0.29, 0.717) is 17.3 Å². The van der Waals surface area contributed by atoms with E-state index in [1.807, 2.05) is 24.1 Å². The van der Waals surface area contributed by atoms with E-state index in [2.05, 4.69) is 49.2 Å². The van der Waals surface area contributed by atoms with Crippen LogP contribution in [-0.4, -0.2) is 65.1 Å². The number of aryl methyl sites for hydroxylation is 1. The second-order valence-corrected chi connectivity index (χ2v) is 12.4. The molecule has 0 radical (unpaired) electrons. The summed E-state index contributed by atoms with van der Waals surface area (Å²) in [5.41, 5.74) is 2.27. The average Bonchev–Trinajstić information content (AvgIpc) is 2.89. The number of carbonyl (C=O) groups excluding carboxylic acids is 2. The number of amides is 2. The zero-order valence-electron chi connectivity index (χ0n) is 22.7. The first-order chi connectivity index (χ1) is 17.4. The van der Waals surface area contributed by atoms with Crippen LogP contribution in [0.4, 0.5) is 0 Å². The maximum Gasteiger partial charge on any atom is 0.260 e. The van der Waals surface area contributed by atoms with Crippen LogP contribution < -0.4 is 5.32 Å². The van der Waals surface area contributed by atoms with Crippen LogP contribution in [0.3, 0.4) is 0 Å². The van der Waals surface area contributed by atoms with Crippen LogP contribution in [0, 0.1) is 12.8 Å². The Hall–Kier alpha value is -1.79. The van der Waals surface area contributed by atoms with Crippen molar-refractivity contribution in [3.05, 3.63) is 40.3 Å². The third-order valence-electron chi connectivity index (χ3n) is 8.64. The van der Waals surface area contributed by atoms with Gasteiger partial charge in [-0.25, -0.2) is 0 Å². The van der Waals surface area contributed by atoms with Gasteiger partial charge in [0.15, 0.2) is 0 Å². The molecule has 1 heterocycles. The molecule has 3 fully saturated rings. The Morgan fingerprint density at radius 1 is 1.22 bits per heavy atom. The number of benzene rings is 1. The number of thioether (sulfide) groups is 1. The van der Waals surface area contributed by atoms with Crippen LogP contribution in [0.15, 0.2) is 29.2 Å². The topological polar surface area (TPSA) is 52.7 Å². The summed E-state index contributed by atoms with van der Waals surface area (Å²) in [6.07, 6.45) is 12.4. The SMILES string of the molecule is CCC(C)N(CCNC(=O)C1CCC2S/C(=C/c3cccc(C)c3)C(=O)N(C)C2C1)C1CCCCC1. The van der Waals surface area contributed by atoms with Crippen LogP contribution in [0.2, 0.25) is 0 Å². The quantitative estimate of drug-likeness (QED) is 0.460. The molecule has 2 aliphatic carbocycles. The van der Waals surface area contributed by atoms with Gasteiger partial charge in [-0.3, -0.25) is 14.5 Å². The van der Waals surface area contributed by atoms with E-state index in [1.54, 1.807) is 11.8 Å². The van der Waals surface area contributed by atoms with E-state index in [0.717, 1.165) is 49.2 Å². The minimum Gasteiger partial charge on any atom is -0.355 e. The summed E-state index contributed by atoms with van der Waals surface area (Å²) in [7, 11) is 1.91. The number of hydrogen-bond donors (Lipinski definition) is 1. The van der Waals surface area contributed by atoms with Gasteiger partial charge in [-0.05, 0) is 64.0 Å². The molecule has 1 aromatic carbocycles. The Kier molecular flexibility index (Phi) is 9.57. The van der Waals surface area contributed by atoms with Gasteiger partial charge in [0.25, 0.3) is 5.91 Å². The Morgan fingerprint density at radius 3 is 2.72 bits per heavy atom. The Morgan fingerprint density at radius 2 is 2.00 bits per heavy atom. The molecule has 3 aliphatic rings. The van der Waals surface area contributed by atoms with Crippen molar-refractivity contribution in [2.24, 2.45) is 5.92 Å². The van der Waals surface area contributed by atoms with Gasteiger partial charge < -0.3 is 10.2 Å². The molecule has 4 atom stereocenters. The third-order valence-corrected chi connectivity index (χ3v) is 10.0. The van der Waals surface area contributed by atoms with E-state index in [1.165, 1.54) is 37.7 Å². The van der Waals surface area contributed by atoms with Crippen LogP contribution in [0.25, 0.3) is 6.08 Å². The van der Waals surface area contributed by atoms with Crippen molar-refractivity contribution in [1.82, 2.24) is 15.1 Å². The first-order valence-corrected chi connectivity index (χ1v) is 15.0. The predicted molar refractivity (Wildman–Crippen MR) is 151 cm³/mol. The van der Waals surface area contributed by atoms with E-state index >= 15 is 0 Å². The minimum atomic E-state index is -0.00358. The van der Waals surface area contributed by atoms with Gasteiger partial charge in [-0.1, -0.05) is 56.0 Å². The molecule has 1 saturated heterocycles. The normalized spacial score (nSPS) is 27.2. The monoisotopic (exact) mass is 511 g/mol. The van der Waals surface area contributed by atoms with Gasteiger partial charge in [0.1, 0.15) is 0 Å². The molecule has 0 spiro atoms. The van der Waals surface area contributed by atoms with Crippen molar-refractivity contribution in [3.63, 3.8) is 0 Å². The van der Waals surface area contributed by atoms with E-state index < -0.39 is 0 Å². The summed E-state index contributed by atoms with van der Waals surface area (Å²) in [4.78, 5) is 31.7. The number of nitrogens with zero attached hydrogens (tertiary/aromatic N) is 2. The second-order valence-electron chi connectivity index (χ2n) is 11.2. The second kappa shape index (κ2) is 12.6. The number of fused-ring (bicyclic) bond motifs is 1. The molecule has 0 aromatic heterocycles. The van der Waals surface area contributed by atoms with E-state index in [-0.39, 0.29) is 23.8 Å². The molecule has 2 saturated carbocycles. The lowest BCUT2D eigenvalue weighted by atomic mass is 9.83. The van der Waals surface area contributed by atoms with Crippen molar-refractivity contribution in [2.75, 3.05) is 20.1 Å². The molecular formula is C30H45N3O2S. The largest absolute Gasteiger partial charge is 0.355 e. The highest BCUT2D eigenvalue weighted by molar-refractivity contribution is 8.04. The molecule has 0 bridgehead atoms. The lowest BCUT2D eigenvalue weighted by molar-refractivity contribution is -0.132. The molecule has 4 unspecified atom stereocenters. The van der Waals surface area contributed by atoms with Gasteiger partial charge in [0.05, 0.1) is 4.91 Å². The molecule has 1 N–H and O–H groups in total. The molecule has 36 heavy (non-hydrogen) atoms. The van der Waals surface area contributed by atoms with E-state index in [9.17, 15) is 9.59 Å². The molecule has 2 amide bonds. The molecule has 5 nitrogen and oxygen atoms in total. The maximum absolute atomic E-state index is 13.2. The van der Waals surface area contributed by atoms with Crippen molar-refractivity contribution < 1.29 is 9.59 Å². The average molecular weight is 512 g/mol.